The second kappa shape index (κ2) is 4.18. The predicted octanol–water partition coefficient (Wildman–Crippen LogP) is -0.118. The summed E-state index contributed by atoms with van der Waals surface area (Å²) in [4.78, 5) is 5.79. The predicted molar refractivity (Wildman–Crippen MR) is 42.3 cm³/mol. The van der Waals surface area contributed by atoms with Crippen molar-refractivity contribution in [3.8, 4) is 0 Å². The fraction of sp³-hybridized carbons (Fsp3) is 0.714. The van der Waals surface area contributed by atoms with Crippen molar-refractivity contribution < 1.29 is 9.63 Å². The van der Waals surface area contributed by atoms with Crippen molar-refractivity contribution >= 4 is 0 Å². The quantitative estimate of drug-likeness (QED) is 0.684. The highest BCUT2D eigenvalue weighted by atomic mass is 16.5. The van der Waals surface area contributed by atoms with Gasteiger partial charge in [0.05, 0.1) is 12.6 Å². The van der Waals surface area contributed by atoms with Crippen molar-refractivity contribution in [1.82, 2.24) is 15.0 Å². The van der Waals surface area contributed by atoms with Crippen molar-refractivity contribution in [2.75, 3.05) is 13.6 Å². The SMILES string of the molecule is CC(O)CN(C)Cc1ncon1. The maximum atomic E-state index is 9.05. The summed E-state index contributed by atoms with van der Waals surface area (Å²) in [5, 5.41) is 12.7. The third-order valence-corrected chi connectivity index (χ3v) is 1.39. The molecule has 5 nitrogen and oxygen atoms in total. The van der Waals surface area contributed by atoms with Crippen LogP contribution in [0.15, 0.2) is 10.9 Å². The van der Waals surface area contributed by atoms with Crippen molar-refractivity contribution in [2.24, 2.45) is 0 Å². The molecule has 0 aromatic carbocycles. The first-order valence-electron chi connectivity index (χ1n) is 3.80. The van der Waals surface area contributed by atoms with Gasteiger partial charge in [0.25, 0.3) is 0 Å². The largest absolute Gasteiger partial charge is 0.392 e. The molecule has 1 aromatic heterocycles. The van der Waals surface area contributed by atoms with Crippen LogP contribution in [0.2, 0.25) is 0 Å². The number of likely N-dealkylation sites (N-methyl/N-ethyl adjacent to an activating group) is 1. The van der Waals surface area contributed by atoms with E-state index in [1.54, 1.807) is 6.92 Å². The smallest absolute Gasteiger partial charge is 0.213 e. The molecule has 0 aliphatic heterocycles. The lowest BCUT2D eigenvalue weighted by atomic mass is 10.4. The highest BCUT2D eigenvalue weighted by molar-refractivity contribution is 4.77. The van der Waals surface area contributed by atoms with Crippen LogP contribution in [0.1, 0.15) is 12.7 Å². The molecule has 0 radical (unpaired) electrons. The third kappa shape index (κ3) is 2.98. The molecule has 68 valence electrons. The van der Waals surface area contributed by atoms with E-state index in [0.29, 0.717) is 18.9 Å². The van der Waals surface area contributed by atoms with E-state index in [4.69, 9.17) is 5.11 Å². The molecule has 1 aromatic rings. The van der Waals surface area contributed by atoms with Gasteiger partial charge in [-0.25, -0.2) is 0 Å². The molecule has 12 heavy (non-hydrogen) atoms. The van der Waals surface area contributed by atoms with E-state index in [1.165, 1.54) is 6.39 Å². The molecular formula is C7H13N3O2. The maximum absolute atomic E-state index is 9.05. The van der Waals surface area contributed by atoms with E-state index < -0.39 is 0 Å². The van der Waals surface area contributed by atoms with Crippen LogP contribution in [-0.4, -0.2) is 39.8 Å². The van der Waals surface area contributed by atoms with E-state index in [9.17, 15) is 0 Å². The summed E-state index contributed by atoms with van der Waals surface area (Å²) in [6.07, 6.45) is 0.966. The van der Waals surface area contributed by atoms with Gasteiger partial charge >= 0.3 is 0 Å². The molecule has 1 unspecified atom stereocenters. The number of aromatic nitrogens is 2. The summed E-state index contributed by atoms with van der Waals surface area (Å²) < 4.78 is 4.57. The molecule has 5 heteroatoms. The molecule has 0 fully saturated rings. The molecule has 1 rings (SSSR count). The Bertz CT molecular complexity index is 210. The van der Waals surface area contributed by atoms with Gasteiger partial charge in [-0.3, -0.25) is 4.90 Å². The van der Waals surface area contributed by atoms with Crippen LogP contribution in [0.5, 0.6) is 0 Å². The topological polar surface area (TPSA) is 62.4 Å². The summed E-state index contributed by atoms with van der Waals surface area (Å²) in [5.41, 5.74) is 0. The van der Waals surface area contributed by atoms with E-state index in [1.807, 2.05) is 11.9 Å². The van der Waals surface area contributed by atoms with Gasteiger partial charge in [-0.15, -0.1) is 0 Å². The number of nitrogens with zero attached hydrogens (tertiary/aromatic N) is 3. The van der Waals surface area contributed by atoms with Crippen LogP contribution < -0.4 is 0 Å². The first-order chi connectivity index (χ1) is 5.68. The van der Waals surface area contributed by atoms with Gasteiger partial charge in [-0.2, -0.15) is 4.98 Å². The van der Waals surface area contributed by atoms with Crippen LogP contribution in [0.4, 0.5) is 0 Å². The highest BCUT2D eigenvalue weighted by Crippen LogP contribution is 1.96. The van der Waals surface area contributed by atoms with E-state index in [-0.39, 0.29) is 6.10 Å². The minimum absolute atomic E-state index is 0.332. The Hall–Kier alpha value is -0.940. The monoisotopic (exact) mass is 171 g/mol. The van der Waals surface area contributed by atoms with Crippen molar-refractivity contribution in [3.63, 3.8) is 0 Å². The number of rotatable bonds is 4. The van der Waals surface area contributed by atoms with Gasteiger partial charge < -0.3 is 9.63 Å². The molecule has 0 aliphatic carbocycles. The van der Waals surface area contributed by atoms with Gasteiger partial charge in [-0.05, 0) is 14.0 Å². The van der Waals surface area contributed by atoms with Gasteiger partial charge in [0, 0.05) is 6.54 Å². The molecule has 0 amide bonds. The lowest BCUT2D eigenvalue weighted by Gasteiger charge is -2.15. The summed E-state index contributed by atoms with van der Waals surface area (Å²) in [6.45, 7) is 2.95. The van der Waals surface area contributed by atoms with Gasteiger partial charge in [-0.1, -0.05) is 5.16 Å². The molecule has 0 bridgehead atoms. The Kier molecular flexibility index (Phi) is 3.19. The Morgan fingerprint density at radius 3 is 3.00 bits per heavy atom. The zero-order valence-corrected chi connectivity index (χ0v) is 7.27. The fourth-order valence-electron chi connectivity index (χ4n) is 1.02. The zero-order valence-electron chi connectivity index (χ0n) is 7.27. The summed E-state index contributed by atoms with van der Waals surface area (Å²) in [5.74, 6) is 0.637. The molecule has 1 heterocycles. The van der Waals surface area contributed by atoms with Gasteiger partial charge in [0.2, 0.25) is 6.39 Å². The molecule has 0 aliphatic rings. The zero-order chi connectivity index (χ0) is 8.97. The summed E-state index contributed by atoms with van der Waals surface area (Å²) >= 11 is 0. The van der Waals surface area contributed by atoms with Crippen LogP contribution in [0.25, 0.3) is 0 Å². The fourth-order valence-corrected chi connectivity index (χ4v) is 1.02. The molecule has 1 atom stereocenters. The first-order valence-corrected chi connectivity index (χ1v) is 3.80. The van der Waals surface area contributed by atoms with Gasteiger partial charge in [0.15, 0.2) is 5.82 Å². The Morgan fingerprint density at radius 2 is 2.50 bits per heavy atom. The van der Waals surface area contributed by atoms with E-state index >= 15 is 0 Å². The van der Waals surface area contributed by atoms with Crippen LogP contribution >= 0.6 is 0 Å². The third-order valence-electron chi connectivity index (χ3n) is 1.39. The number of aliphatic hydroxyl groups is 1. The lowest BCUT2D eigenvalue weighted by molar-refractivity contribution is 0.136. The Labute approximate surface area is 71.0 Å². The second-order valence-corrected chi connectivity index (χ2v) is 2.89. The number of aliphatic hydroxyl groups excluding tert-OH is 1. The normalized spacial score (nSPS) is 13.7. The average Bonchev–Trinajstić information content (AvgIpc) is 2.37. The highest BCUT2D eigenvalue weighted by Gasteiger charge is 2.06. The van der Waals surface area contributed by atoms with Crippen molar-refractivity contribution in [3.05, 3.63) is 12.2 Å². The van der Waals surface area contributed by atoms with E-state index in [0.717, 1.165) is 0 Å². The second-order valence-electron chi connectivity index (χ2n) is 2.89. The molecule has 0 saturated carbocycles. The standard InChI is InChI=1S/C7H13N3O2/c1-6(11)3-10(2)4-7-8-5-12-9-7/h5-6,11H,3-4H2,1-2H3. The van der Waals surface area contributed by atoms with Crippen molar-refractivity contribution in [1.29, 1.82) is 0 Å². The average molecular weight is 171 g/mol. The molecule has 0 spiro atoms. The molecule has 0 saturated heterocycles. The minimum atomic E-state index is -0.332. The first kappa shape index (κ1) is 9.15. The maximum Gasteiger partial charge on any atom is 0.213 e. The molecule has 1 N–H and O–H groups in total. The Balaban J connectivity index is 2.32. The van der Waals surface area contributed by atoms with Gasteiger partial charge in [0.1, 0.15) is 0 Å². The van der Waals surface area contributed by atoms with E-state index in [2.05, 4.69) is 14.7 Å². The summed E-state index contributed by atoms with van der Waals surface area (Å²) in [7, 11) is 1.89. The minimum Gasteiger partial charge on any atom is -0.392 e. The number of hydrogen-bond acceptors (Lipinski definition) is 5. The Morgan fingerprint density at radius 1 is 1.75 bits per heavy atom. The number of hydrogen-bond donors (Lipinski definition) is 1. The van der Waals surface area contributed by atoms with Crippen LogP contribution in [0, 0.1) is 0 Å². The summed E-state index contributed by atoms with van der Waals surface area (Å²) in [6, 6.07) is 0. The van der Waals surface area contributed by atoms with Crippen molar-refractivity contribution in [2.45, 2.75) is 19.6 Å². The molecular weight excluding hydrogens is 158 g/mol. The lowest BCUT2D eigenvalue weighted by Crippen LogP contribution is -2.27. The van der Waals surface area contributed by atoms with Crippen LogP contribution in [-0.2, 0) is 6.54 Å². The van der Waals surface area contributed by atoms with Crippen LogP contribution in [0.3, 0.4) is 0 Å².